The molecular formula is C9H18B3N3O3. The Morgan fingerprint density at radius 1 is 0.667 bits per heavy atom. The van der Waals surface area contributed by atoms with E-state index < -0.39 is 0 Å². The second kappa shape index (κ2) is 9.15. The fourth-order valence-electron chi connectivity index (χ4n) is 1.34. The van der Waals surface area contributed by atoms with Crippen molar-refractivity contribution in [1.29, 1.82) is 0 Å². The quantitative estimate of drug-likeness (QED) is 0.372. The zero-order valence-corrected chi connectivity index (χ0v) is 10.4. The van der Waals surface area contributed by atoms with Gasteiger partial charge in [0.15, 0.2) is 0 Å². The summed E-state index contributed by atoms with van der Waals surface area (Å²) in [7, 11) is -1.14. The van der Waals surface area contributed by atoms with E-state index in [9.17, 15) is 0 Å². The first-order valence-electron chi connectivity index (χ1n) is 5.75. The van der Waals surface area contributed by atoms with Crippen LogP contribution in [0.2, 0.25) is 0 Å². The summed E-state index contributed by atoms with van der Waals surface area (Å²) >= 11 is 0. The van der Waals surface area contributed by atoms with Crippen LogP contribution in [-0.2, 0) is 14.0 Å². The minimum absolute atomic E-state index is 0.381. The molecule has 0 unspecified atom stereocenters. The molecule has 1 aliphatic rings. The van der Waals surface area contributed by atoms with Crippen molar-refractivity contribution in [2.45, 2.75) is 0 Å². The predicted molar refractivity (Wildman–Crippen MR) is 75.1 cm³/mol. The molecule has 1 fully saturated rings. The molecule has 0 bridgehead atoms. The second-order valence-electron chi connectivity index (χ2n) is 3.51. The van der Waals surface area contributed by atoms with Crippen LogP contribution in [0.4, 0.5) is 0 Å². The molecule has 96 valence electrons. The van der Waals surface area contributed by atoms with Gasteiger partial charge in [-0.15, -0.1) is 19.7 Å². The SMILES string of the molecule is C=CCOB1NB(OCC=C)NB(OCC=C)N1. The lowest BCUT2D eigenvalue weighted by Crippen LogP contribution is -2.77. The zero-order chi connectivity index (χ0) is 13.2. The Hall–Kier alpha value is -0.825. The number of rotatable bonds is 9. The highest BCUT2D eigenvalue weighted by molar-refractivity contribution is 6.81. The Balaban J connectivity index is 2.44. The van der Waals surface area contributed by atoms with Gasteiger partial charge in [0.25, 0.3) is 0 Å². The van der Waals surface area contributed by atoms with Gasteiger partial charge in [0.1, 0.15) is 0 Å². The van der Waals surface area contributed by atoms with Crippen molar-refractivity contribution in [3.8, 4) is 0 Å². The molecule has 3 N–H and O–H groups in total. The zero-order valence-electron chi connectivity index (χ0n) is 10.4. The van der Waals surface area contributed by atoms with E-state index in [-0.39, 0.29) is 21.6 Å². The van der Waals surface area contributed by atoms with E-state index in [1.165, 1.54) is 0 Å². The van der Waals surface area contributed by atoms with E-state index in [1.807, 2.05) is 0 Å². The Labute approximate surface area is 109 Å². The molecule has 0 saturated carbocycles. The third kappa shape index (κ3) is 5.68. The van der Waals surface area contributed by atoms with Crippen molar-refractivity contribution in [2.75, 3.05) is 19.8 Å². The molecule has 1 rings (SSSR count). The average molecular weight is 249 g/mol. The van der Waals surface area contributed by atoms with Gasteiger partial charge in [-0.25, -0.2) is 0 Å². The van der Waals surface area contributed by atoms with Crippen LogP contribution in [0.25, 0.3) is 0 Å². The minimum atomic E-state index is -0.381. The molecule has 0 spiro atoms. The summed E-state index contributed by atoms with van der Waals surface area (Å²) in [4.78, 5) is 0. The van der Waals surface area contributed by atoms with E-state index in [2.05, 4.69) is 35.2 Å². The van der Waals surface area contributed by atoms with Gasteiger partial charge < -0.3 is 29.4 Å². The standard InChI is InChI=1S/C9H18B3N3O3/c1-4-7-16-10-13-11(17-8-5-2)15-12(14-10)18-9-6-3/h4-6,13-15H,1-3,7-9H2. The molecule has 1 heterocycles. The minimum Gasteiger partial charge on any atom is -0.406 e. The summed E-state index contributed by atoms with van der Waals surface area (Å²) in [6.07, 6.45) is 5.01. The molecule has 9 heteroatoms. The van der Waals surface area contributed by atoms with E-state index >= 15 is 0 Å². The average Bonchev–Trinajstić information content (AvgIpc) is 2.40. The lowest BCUT2D eigenvalue weighted by atomic mass is 9.71. The fraction of sp³-hybridized carbons (Fsp3) is 0.333. The highest BCUT2D eigenvalue weighted by atomic mass is 16.5. The van der Waals surface area contributed by atoms with E-state index in [4.69, 9.17) is 14.0 Å². The lowest BCUT2D eigenvalue weighted by Gasteiger charge is -2.30. The van der Waals surface area contributed by atoms with Gasteiger partial charge in [0.2, 0.25) is 0 Å². The van der Waals surface area contributed by atoms with Crippen LogP contribution in [0, 0.1) is 0 Å². The molecule has 0 aromatic rings. The van der Waals surface area contributed by atoms with E-state index in [0.717, 1.165) is 0 Å². The topological polar surface area (TPSA) is 63.8 Å². The molecule has 0 amide bonds. The molecule has 6 nitrogen and oxygen atoms in total. The molecule has 0 aliphatic carbocycles. The fourth-order valence-corrected chi connectivity index (χ4v) is 1.34. The van der Waals surface area contributed by atoms with Crippen molar-refractivity contribution in [1.82, 2.24) is 15.4 Å². The van der Waals surface area contributed by atoms with Crippen LogP contribution >= 0.6 is 0 Å². The molecule has 1 saturated heterocycles. The van der Waals surface area contributed by atoms with E-state index in [1.54, 1.807) is 18.2 Å². The Bertz CT molecular complexity index is 234. The summed E-state index contributed by atoms with van der Waals surface area (Å²) in [6, 6.07) is 0. The van der Waals surface area contributed by atoms with Crippen LogP contribution in [0.5, 0.6) is 0 Å². The van der Waals surface area contributed by atoms with Gasteiger partial charge >= 0.3 is 21.6 Å². The molecule has 0 atom stereocenters. The maximum absolute atomic E-state index is 5.46. The highest BCUT2D eigenvalue weighted by Crippen LogP contribution is 1.93. The lowest BCUT2D eigenvalue weighted by molar-refractivity contribution is 0.311. The van der Waals surface area contributed by atoms with E-state index in [0.29, 0.717) is 19.8 Å². The second-order valence-corrected chi connectivity index (χ2v) is 3.51. The Morgan fingerprint density at radius 3 is 1.17 bits per heavy atom. The number of nitrogens with one attached hydrogen (secondary N) is 3. The van der Waals surface area contributed by atoms with Gasteiger partial charge in [0, 0.05) is 19.8 Å². The largest absolute Gasteiger partial charge is 0.456 e. The highest BCUT2D eigenvalue weighted by Gasteiger charge is 2.39. The molecule has 0 aromatic carbocycles. The van der Waals surface area contributed by atoms with Crippen LogP contribution < -0.4 is 15.4 Å². The third-order valence-electron chi connectivity index (χ3n) is 2.05. The molecular weight excluding hydrogens is 231 g/mol. The van der Waals surface area contributed by atoms with Gasteiger partial charge in [-0.05, 0) is 0 Å². The maximum atomic E-state index is 5.46. The van der Waals surface area contributed by atoms with Crippen molar-refractivity contribution < 1.29 is 14.0 Å². The first-order valence-corrected chi connectivity index (χ1v) is 5.75. The summed E-state index contributed by atoms with van der Waals surface area (Å²) in [5.41, 5.74) is 0. The van der Waals surface area contributed by atoms with Crippen molar-refractivity contribution in [3.05, 3.63) is 38.0 Å². The summed E-state index contributed by atoms with van der Waals surface area (Å²) in [5.74, 6) is 0. The van der Waals surface area contributed by atoms with Crippen LogP contribution in [0.15, 0.2) is 38.0 Å². The monoisotopic (exact) mass is 249 g/mol. The first kappa shape index (κ1) is 15.2. The van der Waals surface area contributed by atoms with Crippen molar-refractivity contribution >= 4 is 21.6 Å². The molecule has 18 heavy (non-hydrogen) atoms. The van der Waals surface area contributed by atoms with Gasteiger partial charge in [-0.1, -0.05) is 18.2 Å². The number of hydrogen-bond acceptors (Lipinski definition) is 6. The summed E-state index contributed by atoms with van der Waals surface area (Å²) in [6.45, 7) is 12.1. The van der Waals surface area contributed by atoms with Gasteiger partial charge in [0.05, 0.1) is 0 Å². The maximum Gasteiger partial charge on any atom is 0.456 e. The Kier molecular flexibility index (Phi) is 7.74. The summed E-state index contributed by atoms with van der Waals surface area (Å²) in [5, 5.41) is 9.18. The predicted octanol–water partition coefficient (Wildman–Crippen LogP) is -0.669. The smallest absolute Gasteiger partial charge is 0.406 e. The van der Waals surface area contributed by atoms with Crippen LogP contribution in [0.3, 0.4) is 0 Å². The van der Waals surface area contributed by atoms with Crippen LogP contribution in [0.1, 0.15) is 0 Å². The van der Waals surface area contributed by atoms with Crippen LogP contribution in [-0.4, -0.2) is 41.4 Å². The molecule has 1 aliphatic heterocycles. The van der Waals surface area contributed by atoms with Crippen molar-refractivity contribution in [2.24, 2.45) is 0 Å². The molecule has 0 aromatic heterocycles. The van der Waals surface area contributed by atoms with Gasteiger partial charge in [-0.2, -0.15) is 0 Å². The third-order valence-corrected chi connectivity index (χ3v) is 2.05. The van der Waals surface area contributed by atoms with Crippen molar-refractivity contribution in [3.63, 3.8) is 0 Å². The Morgan fingerprint density at radius 2 is 0.944 bits per heavy atom. The molecule has 0 radical (unpaired) electrons. The normalized spacial score (nSPS) is 15.7. The number of hydrogen-bond donors (Lipinski definition) is 3. The summed E-state index contributed by atoms with van der Waals surface area (Å²) < 4.78 is 16.4. The van der Waals surface area contributed by atoms with Gasteiger partial charge in [-0.3, -0.25) is 0 Å². The first-order chi connectivity index (χ1) is 8.80.